The molecule has 0 spiro atoms. The lowest BCUT2D eigenvalue weighted by atomic mass is 10.3. The van der Waals surface area contributed by atoms with Crippen LogP contribution in [0.1, 0.15) is 10.7 Å². The summed E-state index contributed by atoms with van der Waals surface area (Å²) < 4.78 is 27.2. The van der Waals surface area contributed by atoms with E-state index in [1.54, 1.807) is 6.07 Å². The van der Waals surface area contributed by atoms with Crippen molar-refractivity contribution in [2.45, 2.75) is 18.7 Å². The molecule has 0 aliphatic carbocycles. The summed E-state index contributed by atoms with van der Waals surface area (Å²) in [5.74, 6) is -0.126. The van der Waals surface area contributed by atoms with Crippen LogP contribution in [-0.4, -0.2) is 28.3 Å². The van der Waals surface area contributed by atoms with Gasteiger partial charge in [-0.05, 0) is 26.0 Å². The Morgan fingerprint density at radius 2 is 1.96 bits per heavy atom. The number of aryl methyl sites for hydroxylation is 2. The number of nitrogens with zero attached hydrogens (tertiary/aromatic N) is 4. The zero-order valence-corrected chi connectivity index (χ0v) is 15.3. The van der Waals surface area contributed by atoms with E-state index in [0.29, 0.717) is 5.69 Å². The maximum atomic E-state index is 12.5. The minimum absolute atomic E-state index is 0.126. The van der Waals surface area contributed by atoms with Gasteiger partial charge < -0.3 is 0 Å². The van der Waals surface area contributed by atoms with Crippen LogP contribution < -0.4 is 4.72 Å². The molecule has 0 bridgehead atoms. The molecule has 26 heavy (non-hydrogen) atoms. The Morgan fingerprint density at radius 3 is 2.62 bits per heavy atom. The smallest absolute Gasteiger partial charge is 0.258 e. The van der Waals surface area contributed by atoms with Gasteiger partial charge in [0.15, 0.2) is 0 Å². The van der Waals surface area contributed by atoms with Crippen LogP contribution in [0.5, 0.6) is 0 Å². The van der Waals surface area contributed by atoms with Gasteiger partial charge in [0.2, 0.25) is 5.95 Å². The number of anilines is 1. The van der Waals surface area contributed by atoms with Crippen molar-refractivity contribution < 1.29 is 13.3 Å². The molecule has 3 aromatic rings. The second kappa shape index (κ2) is 6.77. The summed E-state index contributed by atoms with van der Waals surface area (Å²) in [6, 6.07) is 6.41. The predicted octanol–water partition coefficient (Wildman–Crippen LogP) is 2.93. The van der Waals surface area contributed by atoms with Crippen molar-refractivity contribution >= 4 is 33.0 Å². The molecule has 2 aromatic heterocycles. The third-order valence-electron chi connectivity index (χ3n) is 3.36. The summed E-state index contributed by atoms with van der Waals surface area (Å²) >= 11 is 1.44. The first-order valence-electron chi connectivity index (χ1n) is 7.31. The molecule has 0 saturated heterocycles. The monoisotopic (exact) mass is 391 g/mol. The molecular weight excluding hydrogens is 378 g/mol. The molecule has 0 aliphatic heterocycles. The molecule has 0 aliphatic rings. The molecule has 11 heteroatoms. The Labute approximate surface area is 153 Å². The van der Waals surface area contributed by atoms with Crippen LogP contribution >= 0.6 is 11.3 Å². The SMILES string of the molecule is Cc1nc(C)c(-c2ccnc(NS(=O)(=O)c3cccc([N+](=O)[O-])c3)n2)s1. The minimum Gasteiger partial charge on any atom is -0.258 e. The highest BCUT2D eigenvalue weighted by atomic mass is 32.2. The van der Waals surface area contributed by atoms with E-state index in [0.717, 1.165) is 21.6 Å². The van der Waals surface area contributed by atoms with E-state index in [1.165, 1.54) is 35.7 Å². The van der Waals surface area contributed by atoms with Gasteiger partial charge in [-0.25, -0.2) is 28.1 Å². The number of nitro benzene ring substituents is 1. The Hall–Kier alpha value is -2.92. The Morgan fingerprint density at radius 1 is 1.19 bits per heavy atom. The topological polar surface area (TPSA) is 128 Å². The lowest BCUT2D eigenvalue weighted by molar-refractivity contribution is -0.385. The van der Waals surface area contributed by atoms with E-state index in [1.807, 2.05) is 13.8 Å². The largest absolute Gasteiger partial charge is 0.270 e. The molecule has 1 N–H and O–H groups in total. The lowest BCUT2D eigenvalue weighted by Gasteiger charge is -2.07. The highest BCUT2D eigenvalue weighted by Crippen LogP contribution is 2.28. The van der Waals surface area contributed by atoms with Gasteiger partial charge >= 0.3 is 0 Å². The zero-order chi connectivity index (χ0) is 18.9. The standard InChI is InChI=1S/C15H13N5O4S2/c1-9-14(25-10(2)17-9)13-6-7-16-15(18-13)19-26(23,24)12-5-3-4-11(8-12)20(21)22/h3-8H,1-2H3,(H,16,18,19). The summed E-state index contributed by atoms with van der Waals surface area (Å²) in [4.78, 5) is 23.2. The number of hydrogen-bond donors (Lipinski definition) is 1. The molecule has 0 radical (unpaired) electrons. The van der Waals surface area contributed by atoms with Crippen LogP contribution in [0.3, 0.4) is 0 Å². The molecule has 0 fully saturated rings. The summed E-state index contributed by atoms with van der Waals surface area (Å²) in [6.45, 7) is 3.71. The summed E-state index contributed by atoms with van der Waals surface area (Å²) in [5.41, 5.74) is 1.01. The van der Waals surface area contributed by atoms with E-state index in [4.69, 9.17) is 0 Å². The molecule has 9 nitrogen and oxygen atoms in total. The van der Waals surface area contributed by atoms with Crippen molar-refractivity contribution in [1.29, 1.82) is 0 Å². The highest BCUT2D eigenvalue weighted by Gasteiger charge is 2.19. The van der Waals surface area contributed by atoms with E-state index >= 15 is 0 Å². The van der Waals surface area contributed by atoms with Crippen molar-refractivity contribution in [3.05, 3.63) is 57.3 Å². The van der Waals surface area contributed by atoms with Crippen molar-refractivity contribution in [2.24, 2.45) is 0 Å². The van der Waals surface area contributed by atoms with Crippen molar-refractivity contribution in [2.75, 3.05) is 4.72 Å². The second-order valence-electron chi connectivity index (χ2n) is 5.27. The van der Waals surface area contributed by atoms with Crippen molar-refractivity contribution in [3.63, 3.8) is 0 Å². The predicted molar refractivity (Wildman–Crippen MR) is 96.5 cm³/mol. The van der Waals surface area contributed by atoms with E-state index in [9.17, 15) is 18.5 Å². The van der Waals surface area contributed by atoms with Crippen LogP contribution in [0.4, 0.5) is 11.6 Å². The first-order chi connectivity index (χ1) is 12.3. The molecule has 0 saturated carbocycles. The maximum Gasteiger partial charge on any atom is 0.270 e. The first kappa shape index (κ1) is 17.9. The average molecular weight is 391 g/mol. The Kier molecular flexibility index (Phi) is 4.66. The van der Waals surface area contributed by atoms with Crippen LogP contribution in [0.15, 0.2) is 41.4 Å². The van der Waals surface area contributed by atoms with Crippen molar-refractivity contribution in [1.82, 2.24) is 15.0 Å². The molecule has 0 atom stereocenters. The van der Waals surface area contributed by atoms with Gasteiger partial charge in [-0.3, -0.25) is 10.1 Å². The first-order valence-corrected chi connectivity index (χ1v) is 9.61. The lowest BCUT2D eigenvalue weighted by Crippen LogP contribution is -2.15. The number of rotatable bonds is 5. The minimum atomic E-state index is -4.06. The fourth-order valence-corrected chi connectivity index (χ4v) is 4.13. The average Bonchev–Trinajstić information content (AvgIpc) is 2.93. The van der Waals surface area contributed by atoms with Crippen molar-refractivity contribution in [3.8, 4) is 10.6 Å². The molecule has 134 valence electrons. The second-order valence-corrected chi connectivity index (χ2v) is 8.16. The van der Waals surface area contributed by atoms with Gasteiger partial charge in [0.1, 0.15) is 0 Å². The number of hydrogen-bond acceptors (Lipinski definition) is 8. The zero-order valence-electron chi connectivity index (χ0n) is 13.7. The number of nitrogens with one attached hydrogen (secondary N) is 1. The van der Waals surface area contributed by atoms with Crippen LogP contribution in [0.25, 0.3) is 10.6 Å². The fraction of sp³-hybridized carbons (Fsp3) is 0.133. The number of sulfonamides is 1. The molecule has 0 unspecified atom stereocenters. The number of aromatic nitrogens is 3. The van der Waals surface area contributed by atoms with E-state index in [-0.39, 0.29) is 16.5 Å². The Bertz CT molecular complexity index is 1090. The van der Waals surface area contributed by atoms with Crippen LogP contribution in [0, 0.1) is 24.0 Å². The van der Waals surface area contributed by atoms with Gasteiger partial charge in [-0.15, -0.1) is 11.3 Å². The number of thiazole rings is 1. The molecule has 0 amide bonds. The van der Waals surface area contributed by atoms with Gasteiger partial charge in [0.05, 0.1) is 31.1 Å². The molecular formula is C15H13N5O4S2. The third kappa shape index (κ3) is 3.68. The molecule has 1 aromatic carbocycles. The third-order valence-corrected chi connectivity index (χ3v) is 5.78. The Balaban J connectivity index is 1.93. The van der Waals surface area contributed by atoms with Crippen LogP contribution in [0.2, 0.25) is 0 Å². The quantitative estimate of drug-likeness (QED) is 0.523. The summed E-state index contributed by atoms with van der Waals surface area (Å²) in [7, 11) is -4.06. The fourth-order valence-electron chi connectivity index (χ4n) is 2.25. The molecule has 2 heterocycles. The van der Waals surface area contributed by atoms with Crippen LogP contribution in [-0.2, 0) is 10.0 Å². The number of benzene rings is 1. The van der Waals surface area contributed by atoms with E-state index in [2.05, 4.69) is 19.7 Å². The summed E-state index contributed by atoms with van der Waals surface area (Å²) in [5, 5.41) is 11.7. The van der Waals surface area contributed by atoms with E-state index < -0.39 is 14.9 Å². The van der Waals surface area contributed by atoms with Gasteiger partial charge in [-0.2, -0.15) is 0 Å². The molecule has 3 rings (SSSR count). The number of non-ortho nitro benzene ring substituents is 1. The summed E-state index contributed by atoms with van der Waals surface area (Å²) in [6.07, 6.45) is 1.43. The van der Waals surface area contributed by atoms with Gasteiger partial charge in [0, 0.05) is 18.3 Å². The van der Waals surface area contributed by atoms with Gasteiger partial charge in [-0.1, -0.05) is 6.07 Å². The highest BCUT2D eigenvalue weighted by molar-refractivity contribution is 7.92. The number of nitro groups is 1. The maximum absolute atomic E-state index is 12.5. The van der Waals surface area contributed by atoms with Gasteiger partial charge in [0.25, 0.3) is 15.7 Å². The normalized spacial score (nSPS) is 11.3.